The van der Waals surface area contributed by atoms with Crippen LogP contribution < -0.4 is 22.1 Å². The van der Waals surface area contributed by atoms with Gasteiger partial charge in [-0.2, -0.15) is 0 Å². The lowest BCUT2D eigenvalue weighted by Crippen LogP contribution is -2.07. The van der Waals surface area contributed by atoms with E-state index in [-0.39, 0.29) is 5.78 Å². The van der Waals surface area contributed by atoms with Gasteiger partial charge in [0.05, 0.1) is 22.7 Å². The molecule has 2 aromatic carbocycles. The maximum absolute atomic E-state index is 11.5. The van der Waals surface area contributed by atoms with Gasteiger partial charge in [-0.25, -0.2) is 0 Å². The van der Waals surface area contributed by atoms with Crippen LogP contribution in [0.15, 0.2) is 48.6 Å². The minimum Gasteiger partial charge on any atom is -0.397 e. The van der Waals surface area contributed by atoms with E-state index in [2.05, 4.69) is 10.6 Å². The maximum Gasteiger partial charge on any atom is 0.161 e. The number of nitrogens with two attached hydrogens (primary N) is 2. The Kier molecular flexibility index (Phi) is 6.79. The zero-order valence-corrected chi connectivity index (χ0v) is 14.8. The predicted molar refractivity (Wildman–Crippen MR) is 108 cm³/mol. The highest BCUT2D eigenvalue weighted by Gasteiger charge is 2.07. The first-order chi connectivity index (χ1) is 12.5. The molecular formula is C20H24N4O2. The quantitative estimate of drug-likeness (QED) is 0.239. The molecule has 2 aromatic rings. The van der Waals surface area contributed by atoms with E-state index < -0.39 is 0 Å². The van der Waals surface area contributed by atoms with Gasteiger partial charge in [-0.15, -0.1) is 0 Å². The number of nitrogen functional groups attached to an aromatic ring is 2. The number of para-hydroxylation sites is 2. The number of nitrogens with one attached hydrogen (secondary N) is 2. The molecule has 0 saturated carbocycles. The third kappa shape index (κ3) is 4.86. The molecule has 0 aliphatic heterocycles. The first-order valence-corrected chi connectivity index (χ1v) is 8.37. The van der Waals surface area contributed by atoms with Gasteiger partial charge in [0.2, 0.25) is 0 Å². The number of carbonyl (C=O) groups is 2. The molecule has 0 radical (unpaired) electrons. The lowest BCUT2D eigenvalue weighted by Gasteiger charge is -2.11. The molecule has 136 valence electrons. The van der Waals surface area contributed by atoms with Gasteiger partial charge in [-0.1, -0.05) is 30.4 Å². The zero-order chi connectivity index (χ0) is 18.9. The molecule has 0 bridgehead atoms. The SMILES string of the molecule is CC(=O)c1cccc(NC/C=C/CNc2cccc(CC=O)c2N)c1N. The highest BCUT2D eigenvalue weighted by Crippen LogP contribution is 2.23. The van der Waals surface area contributed by atoms with Crippen molar-refractivity contribution in [2.75, 3.05) is 35.2 Å². The first kappa shape index (κ1) is 19.1. The fourth-order valence-electron chi connectivity index (χ4n) is 2.57. The van der Waals surface area contributed by atoms with Crippen LogP contribution in [0.25, 0.3) is 0 Å². The van der Waals surface area contributed by atoms with Crippen molar-refractivity contribution in [2.45, 2.75) is 13.3 Å². The van der Waals surface area contributed by atoms with Gasteiger partial charge in [-0.05, 0) is 30.7 Å². The van der Waals surface area contributed by atoms with Gasteiger partial charge >= 0.3 is 0 Å². The molecule has 6 N–H and O–H groups in total. The molecular weight excluding hydrogens is 328 g/mol. The summed E-state index contributed by atoms with van der Waals surface area (Å²) in [5.74, 6) is -0.0553. The average Bonchev–Trinajstić information content (AvgIpc) is 2.62. The van der Waals surface area contributed by atoms with E-state index in [4.69, 9.17) is 11.5 Å². The Balaban J connectivity index is 1.86. The summed E-state index contributed by atoms with van der Waals surface area (Å²) in [5.41, 5.74) is 16.0. The highest BCUT2D eigenvalue weighted by atomic mass is 16.1. The number of Topliss-reactive ketones (excluding diaryl/α,β-unsaturated/α-hetero) is 1. The van der Waals surface area contributed by atoms with Crippen LogP contribution in [-0.4, -0.2) is 25.2 Å². The molecule has 0 aromatic heterocycles. The largest absolute Gasteiger partial charge is 0.397 e. The van der Waals surface area contributed by atoms with Crippen molar-refractivity contribution in [3.05, 3.63) is 59.7 Å². The van der Waals surface area contributed by atoms with Crippen LogP contribution in [-0.2, 0) is 11.2 Å². The smallest absolute Gasteiger partial charge is 0.161 e. The topological polar surface area (TPSA) is 110 Å². The Morgan fingerprint density at radius 2 is 1.54 bits per heavy atom. The Labute approximate surface area is 153 Å². The third-order valence-electron chi connectivity index (χ3n) is 3.97. The van der Waals surface area contributed by atoms with E-state index in [9.17, 15) is 9.59 Å². The van der Waals surface area contributed by atoms with Gasteiger partial charge in [0.1, 0.15) is 6.29 Å². The van der Waals surface area contributed by atoms with Crippen LogP contribution in [0.4, 0.5) is 22.7 Å². The van der Waals surface area contributed by atoms with Crippen molar-refractivity contribution in [1.29, 1.82) is 0 Å². The first-order valence-electron chi connectivity index (χ1n) is 8.37. The van der Waals surface area contributed by atoms with Crippen molar-refractivity contribution in [3.63, 3.8) is 0 Å². The van der Waals surface area contributed by atoms with E-state index in [1.807, 2.05) is 36.4 Å². The highest BCUT2D eigenvalue weighted by molar-refractivity contribution is 6.01. The second-order valence-corrected chi connectivity index (χ2v) is 5.81. The molecule has 0 aliphatic rings. The van der Waals surface area contributed by atoms with E-state index >= 15 is 0 Å². The fraction of sp³-hybridized carbons (Fsp3) is 0.200. The van der Waals surface area contributed by atoms with Crippen molar-refractivity contribution in [2.24, 2.45) is 0 Å². The second-order valence-electron chi connectivity index (χ2n) is 5.81. The summed E-state index contributed by atoms with van der Waals surface area (Å²) >= 11 is 0. The number of ketones is 1. The van der Waals surface area contributed by atoms with E-state index in [0.717, 1.165) is 23.2 Å². The molecule has 0 unspecified atom stereocenters. The number of rotatable bonds is 9. The molecule has 0 spiro atoms. The summed E-state index contributed by atoms with van der Waals surface area (Å²) in [4.78, 5) is 22.1. The zero-order valence-electron chi connectivity index (χ0n) is 14.8. The summed E-state index contributed by atoms with van der Waals surface area (Å²) in [6, 6.07) is 10.9. The van der Waals surface area contributed by atoms with Gasteiger partial charge in [0, 0.05) is 25.1 Å². The number of hydrogen-bond donors (Lipinski definition) is 4. The van der Waals surface area contributed by atoms with Crippen LogP contribution in [0, 0.1) is 0 Å². The van der Waals surface area contributed by atoms with Gasteiger partial charge in [0.25, 0.3) is 0 Å². The molecule has 0 atom stereocenters. The fourth-order valence-corrected chi connectivity index (χ4v) is 2.57. The van der Waals surface area contributed by atoms with Crippen LogP contribution in [0.5, 0.6) is 0 Å². The van der Waals surface area contributed by atoms with E-state index in [0.29, 0.717) is 36.4 Å². The lowest BCUT2D eigenvalue weighted by atomic mass is 10.1. The van der Waals surface area contributed by atoms with Gasteiger partial charge < -0.3 is 26.9 Å². The summed E-state index contributed by atoms with van der Waals surface area (Å²) in [5, 5.41) is 6.41. The Morgan fingerprint density at radius 3 is 2.12 bits per heavy atom. The van der Waals surface area contributed by atoms with E-state index in [1.165, 1.54) is 6.92 Å². The standard InChI is InChI=1S/C20H24N4O2/c1-14(26)16-7-5-9-18(20(16)22)24-12-3-2-11-23-17-8-4-6-15(10-13-25)19(17)21/h2-9,13,23-24H,10-12,21-22H2,1H3/b3-2+. The maximum atomic E-state index is 11.5. The van der Waals surface area contributed by atoms with E-state index in [1.54, 1.807) is 12.1 Å². The Hall–Kier alpha value is -3.28. The van der Waals surface area contributed by atoms with Crippen LogP contribution in [0.1, 0.15) is 22.8 Å². The molecule has 0 amide bonds. The minimum absolute atomic E-state index is 0.0553. The molecule has 2 rings (SSSR count). The van der Waals surface area contributed by atoms with Crippen molar-refractivity contribution >= 4 is 34.8 Å². The monoisotopic (exact) mass is 352 g/mol. The van der Waals surface area contributed by atoms with Crippen molar-refractivity contribution in [1.82, 2.24) is 0 Å². The minimum atomic E-state index is -0.0553. The summed E-state index contributed by atoms with van der Waals surface area (Å²) in [6.07, 6.45) is 5.07. The number of aldehydes is 1. The average molecular weight is 352 g/mol. The van der Waals surface area contributed by atoms with Crippen LogP contribution in [0.3, 0.4) is 0 Å². The normalized spacial score (nSPS) is 10.7. The summed E-state index contributed by atoms with van der Waals surface area (Å²) in [6.45, 7) is 2.67. The molecule has 6 heteroatoms. The number of benzene rings is 2. The molecule has 0 fully saturated rings. The third-order valence-corrected chi connectivity index (χ3v) is 3.97. The molecule has 0 heterocycles. The van der Waals surface area contributed by atoms with Crippen molar-refractivity contribution in [3.8, 4) is 0 Å². The lowest BCUT2D eigenvalue weighted by molar-refractivity contribution is -0.107. The molecule has 26 heavy (non-hydrogen) atoms. The number of carbonyl (C=O) groups excluding carboxylic acids is 2. The van der Waals surface area contributed by atoms with Gasteiger partial charge in [0.15, 0.2) is 5.78 Å². The Bertz CT molecular complexity index is 815. The summed E-state index contributed by atoms with van der Waals surface area (Å²) < 4.78 is 0. The van der Waals surface area contributed by atoms with Crippen LogP contribution >= 0.6 is 0 Å². The Morgan fingerprint density at radius 1 is 0.962 bits per heavy atom. The molecule has 0 aliphatic carbocycles. The molecule has 0 saturated heterocycles. The van der Waals surface area contributed by atoms with Crippen LogP contribution in [0.2, 0.25) is 0 Å². The summed E-state index contributed by atoms with van der Waals surface area (Å²) in [7, 11) is 0. The van der Waals surface area contributed by atoms with Gasteiger partial charge in [-0.3, -0.25) is 4.79 Å². The number of anilines is 4. The van der Waals surface area contributed by atoms with Crippen molar-refractivity contribution < 1.29 is 9.59 Å². The number of hydrogen-bond acceptors (Lipinski definition) is 6. The predicted octanol–water partition coefficient (Wildman–Crippen LogP) is 2.88. The second kappa shape index (κ2) is 9.27. The molecule has 6 nitrogen and oxygen atoms in total.